The lowest BCUT2D eigenvalue weighted by Crippen LogP contribution is -2.30. The first kappa shape index (κ1) is 18.4. The second kappa shape index (κ2) is 7.98. The summed E-state index contributed by atoms with van der Waals surface area (Å²) in [7, 11) is 0. The molecule has 144 valence electrons. The van der Waals surface area contributed by atoms with Gasteiger partial charge in [-0.15, -0.1) is 0 Å². The summed E-state index contributed by atoms with van der Waals surface area (Å²) in [6.07, 6.45) is 0. The molecule has 1 fully saturated rings. The zero-order valence-corrected chi connectivity index (χ0v) is 15.6. The minimum Gasteiger partial charge on any atom is -0.329 e. The van der Waals surface area contributed by atoms with Gasteiger partial charge in [0.2, 0.25) is 5.91 Å². The molecule has 0 atom stereocenters. The van der Waals surface area contributed by atoms with Gasteiger partial charge in [0.1, 0.15) is 0 Å². The Hall–Kier alpha value is -3.93. The van der Waals surface area contributed by atoms with Gasteiger partial charge in [0.05, 0.1) is 13.1 Å². The zero-order chi connectivity index (χ0) is 20.2. The Labute approximate surface area is 168 Å². The third-order valence-corrected chi connectivity index (χ3v) is 4.74. The molecule has 1 heterocycles. The number of imide groups is 1. The summed E-state index contributed by atoms with van der Waals surface area (Å²) in [6.45, 7) is 0.218. The normalized spacial score (nSPS) is 13.3. The van der Waals surface area contributed by atoms with E-state index in [0.717, 1.165) is 21.6 Å². The number of amides is 4. The second-order valence-electron chi connectivity index (χ2n) is 6.73. The summed E-state index contributed by atoms with van der Waals surface area (Å²) in [5, 5.41) is 5.36. The van der Waals surface area contributed by atoms with E-state index in [9.17, 15) is 14.4 Å². The molecular formula is C23H19N3O3. The fourth-order valence-corrected chi connectivity index (χ4v) is 3.14. The maximum atomic E-state index is 12.5. The van der Waals surface area contributed by atoms with Gasteiger partial charge >= 0.3 is 6.03 Å². The van der Waals surface area contributed by atoms with Crippen LogP contribution in [0.4, 0.5) is 10.5 Å². The summed E-state index contributed by atoms with van der Waals surface area (Å²) in [4.78, 5) is 36.9. The molecule has 1 saturated heterocycles. The molecule has 6 heteroatoms. The molecule has 29 heavy (non-hydrogen) atoms. The Morgan fingerprint density at radius 1 is 0.862 bits per heavy atom. The number of carbonyl (C=O) groups is 3. The summed E-state index contributed by atoms with van der Waals surface area (Å²) >= 11 is 0. The van der Waals surface area contributed by atoms with E-state index >= 15 is 0 Å². The molecule has 6 nitrogen and oxygen atoms in total. The van der Waals surface area contributed by atoms with E-state index in [-0.39, 0.29) is 24.9 Å². The summed E-state index contributed by atoms with van der Waals surface area (Å²) < 4.78 is 0. The number of rotatable bonds is 5. The smallest absolute Gasteiger partial charge is 0.324 e. The van der Waals surface area contributed by atoms with Crippen molar-refractivity contribution in [2.45, 2.75) is 6.54 Å². The number of nitrogens with zero attached hydrogens (tertiary/aromatic N) is 1. The molecule has 0 aromatic heterocycles. The van der Waals surface area contributed by atoms with E-state index < -0.39 is 6.03 Å². The Morgan fingerprint density at radius 3 is 2.14 bits per heavy atom. The van der Waals surface area contributed by atoms with Gasteiger partial charge in [-0.3, -0.25) is 14.5 Å². The fraction of sp³-hybridized carbons (Fsp3) is 0.0870. The molecule has 0 aliphatic carbocycles. The number of nitrogens with one attached hydrogen (secondary N) is 2. The van der Waals surface area contributed by atoms with Crippen LogP contribution < -0.4 is 10.6 Å². The van der Waals surface area contributed by atoms with Crippen molar-refractivity contribution < 1.29 is 14.4 Å². The lowest BCUT2D eigenvalue weighted by Gasteiger charge is -2.12. The first-order valence-electron chi connectivity index (χ1n) is 9.24. The van der Waals surface area contributed by atoms with Gasteiger partial charge in [-0.25, -0.2) is 4.79 Å². The highest BCUT2D eigenvalue weighted by Crippen LogP contribution is 2.21. The number of benzene rings is 3. The zero-order valence-electron chi connectivity index (χ0n) is 15.6. The number of carbonyl (C=O) groups excluding carboxylic acids is 3. The quantitative estimate of drug-likeness (QED) is 0.658. The van der Waals surface area contributed by atoms with Crippen molar-refractivity contribution in [3.8, 4) is 11.1 Å². The predicted molar refractivity (Wildman–Crippen MR) is 110 cm³/mol. The molecule has 2 N–H and O–H groups in total. The van der Waals surface area contributed by atoms with E-state index in [2.05, 4.69) is 10.6 Å². The molecule has 3 aromatic rings. The third kappa shape index (κ3) is 4.16. The van der Waals surface area contributed by atoms with Gasteiger partial charge in [0, 0.05) is 11.3 Å². The average molecular weight is 385 g/mol. The van der Waals surface area contributed by atoms with Crippen molar-refractivity contribution in [3.05, 3.63) is 90.0 Å². The molecular weight excluding hydrogens is 366 g/mol. The van der Waals surface area contributed by atoms with Gasteiger partial charge < -0.3 is 10.6 Å². The Kier molecular flexibility index (Phi) is 5.07. The number of urea groups is 1. The van der Waals surface area contributed by atoms with Gasteiger partial charge in [-0.2, -0.15) is 0 Å². The van der Waals surface area contributed by atoms with E-state index in [1.165, 1.54) is 0 Å². The summed E-state index contributed by atoms with van der Waals surface area (Å²) in [6, 6.07) is 24.1. The lowest BCUT2D eigenvalue weighted by molar-refractivity contribution is -0.125. The molecule has 0 spiro atoms. The van der Waals surface area contributed by atoms with Gasteiger partial charge in [0.15, 0.2) is 0 Å². The highest BCUT2D eigenvalue weighted by atomic mass is 16.2. The molecule has 0 bridgehead atoms. The molecule has 0 radical (unpaired) electrons. The number of anilines is 1. The number of hydrogen-bond acceptors (Lipinski definition) is 3. The minimum atomic E-state index is -0.393. The van der Waals surface area contributed by atoms with E-state index in [1.807, 2.05) is 54.6 Å². The van der Waals surface area contributed by atoms with Crippen molar-refractivity contribution in [1.82, 2.24) is 10.2 Å². The molecule has 4 rings (SSSR count). The van der Waals surface area contributed by atoms with Gasteiger partial charge in [0.25, 0.3) is 5.91 Å². The van der Waals surface area contributed by atoms with E-state index in [0.29, 0.717) is 11.3 Å². The standard InChI is InChI=1S/C23H19N3O3/c27-21-14-24-23(29)26(21)15-16-6-8-19(9-7-16)22(28)25-20-12-10-18(11-13-20)17-4-2-1-3-5-17/h1-13H,14-15H2,(H,24,29)(H,25,28). The van der Waals surface area contributed by atoms with Crippen LogP contribution in [0.5, 0.6) is 0 Å². The maximum Gasteiger partial charge on any atom is 0.324 e. The van der Waals surface area contributed by atoms with Crippen LogP contribution in [0, 0.1) is 0 Å². The van der Waals surface area contributed by atoms with Crippen LogP contribution in [0.15, 0.2) is 78.9 Å². The van der Waals surface area contributed by atoms with Crippen LogP contribution in [0.25, 0.3) is 11.1 Å². The second-order valence-corrected chi connectivity index (χ2v) is 6.73. The molecule has 4 amide bonds. The lowest BCUT2D eigenvalue weighted by atomic mass is 10.1. The van der Waals surface area contributed by atoms with E-state index in [1.54, 1.807) is 24.3 Å². The molecule has 1 aliphatic heterocycles. The molecule has 1 aliphatic rings. The van der Waals surface area contributed by atoms with Gasteiger partial charge in [-0.1, -0.05) is 54.6 Å². The van der Waals surface area contributed by atoms with Crippen molar-refractivity contribution in [1.29, 1.82) is 0 Å². The highest BCUT2D eigenvalue weighted by Gasteiger charge is 2.28. The van der Waals surface area contributed by atoms with Crippen molar-refractivity contribution in [3.63, 3.8) is 0 Å². The first-order chi connectivity index (χ1) is 14.1. The Bertz CT molecular complexity index is 1030. The van der Waals surface area contributed by atoms with Crippen LogP contribution in [0.1, 0.15) is 15.9 Å². The van der Waals surface area contributed by atoms with E-state index in [4.69, 9.17) is 0 Å². The fourth-order valence-electron chi connectivity index (χ4n) is 3.14. The topological polar surface area (TPSA) is 78.5 Å². The van der Waals surface area contributed by atoms with Crippen LogP contribution in [0.2, 0.25) is 0 Å². The molecule has 3 aromatic carbocycles. The Balaban J connectivity index is 1.39. The first-order valence-corrected chi connectivity index (χ1v) is 9.24. The average Bonchev–Trinajstić information content (AvgIpc) is 3.07. The van der Waals surface area contributed by atoms with Gasteiger partial charge in [-0.05, 0) is 41.0 Å². The van der Waals surface area contributed by atoms with Crippen molar-refractivity contribution >= 4 is 23.5 Å². The minimum absolute atomic E-state index is 0.0301. The summed E-state index contributed by atoms with van der Waals surface area (Å²) in [5.41, 5.74) is 4.18. The molecule has 0 unspecified atom stereocenters. The monoisotopic (exact) mass is 385 g/mol. The summed E-state index contributed by atoms with van der Waals surface area (Å²) in [5.74, 6) is -0.477. The molecule has 0 saturated carbocycles. The SMILES string of the molecule is O=C(Nc1ccc(-c2ccccc2)cc1)c1ccc(CN2C(=O)CNC2=O)cc1. The predicted octanol–water partition coefficient (Wildman–Crippen LogP) is 3.66. The maximum absolute atomic E-state index is 12.5. The third-order valence-electron chi connectivity index (χ3n) is 4.74. The van der Waals surface area contributed by atoms with Crippen molar-refractivity contribution in [2.24, 2.45) is 0 Å². The van der Waals surface area contributed by atoms with Crippen LogP contribution in [-0.2, 0) is 11.3 Å². The van der Waals surface area contributed by atoms with Crippen LogP contribution in [0.3, 0.4) is 0 Å². The highest BCUT2D eigenvalue weighted by molar-refractivity contribution is 6.04. The van der Waals surface area contributed by atoms with Crippen molar-refractivity contribution in [2.75, 3.05) is 11.9 Å². The Morgan fingerprint density at radius 2 is 1.52 bits per heavy atom. The van der Waals surface area contributed by atoms with Crippen LogP contribution >= 0.6 is 0 Å². The number of hydrogen-bond donors (Lipinski definition) is 2. The van der Waals surface area contributed by atoms with Crippen LogP contribution in [-0.4, -0.2) is 29.3 Å². The largest absolute Gasteiger partial charge is 0.329 e.